The van der Waals surface area contributed by atoms with Crippen molar-refractivity contribution in [1.82, 2.24) is 14.9 Å². The zero-order valence-corrected chi connectivity index (χ0v) is 21.1. The molecule has 0 spiro atoms. The molecule has 0 saturated carbocycles. The van der Waals surface area contributed by atoms with Crippen LogP contribution in [0.25, 0.3) is 0 Å². The quantitative estimate of drug-likeness (QED) is 0.311. The first kappa shape index (κ1) is 25.9. The summed E-state index contributed by atoms with van der Waals surface area (Å²) in [6, 6.07) is 15.4. The number of hydrogen-bond donors (Lipinski definition) is 3. The maximum absolute atomic E-state index is 11.6. The molecule has 1 aromatic heterocycles. The number of carbonyl (C=O) groups is 1. The van der Waals surface area contributed by atoms with Crippen molar-refractivity contribution in [3.8, 4) is 17.4 Å². The number of nitrogens with one attached hydrogen (secondary N) is 3. The van der Waals surface area contributed by atoms with Crippen molar-refractivity contribution in [2.24, 2.45) is 0 Å². The molecule has 1 fully saturated rings. The average Bonchev–Trinajstić information content (AvgIpc) is 3.36. The molecule has 1 aliphatic heterocycles. The van der Waals surface area contributed by atoms with Gasteiger partial charge >= 0.3 is 0 Å². The highest BCUT2D eigenvalue weighted by Gasteiger charge is 2.21. The molecule has 2 aromatic carbocycles. The summed E-state index contributed by atoms with van der Waals surface area (Å²) in [5.41, 5.74) is 2.47. The van der Waals surface area contributed by atoms with Crippen molar-refractivity contribution in [3.05, 3.63) is 67.4 Å². The van der Waals surface area contributed by atoms with Gasteiger partial charge in [0, 0.05) is 55.9 Å². The summed E-state index contributed by atoms with van der Waals surface area (Å²) in [6.45, 7) is 7.26. The Balaban J connectivity index is 1.38. The first-order valence-corrected chi connectivity index (χ1v) is 12.0. The Morgan fingerprint density at radius 2 is 1.97 bits per heavy atom. The number of amides is 1. The molecule has 10 heteroatoms. The minimum absolute atomic E-state index is 0.241. The Labute approximate surface area is 216 Å². The molecule has 194 valence electrons. The van der Waals surface area contributed by atoms with E-state index in [1.54, 1.807) is 37.6 Å². The van der Waals surface area contributed by atoms with E-state index in [0.29, 0.717) is 29.2 Å². The Kier molecular flexibility index (Phi) is 8.90. The molecule has 4 rings (SSSR count). The molecule has 3 aromatic rings. The van der Waals surface area contributed by atoms with Crippen molar-refractivity contribution >= 4 is 28.9 Å². The van der Waals surface area contributed by atoms with Gasteiger partial charge in [0.1, 0.15) is 5.75 Å². The van der Waals surface area contributed by atoms with Crippen molar-refractivity contribution < 1.29 is 19.0 Å². The summed E-state index contributed by atoms with van der Waals surface area (Å²) in [4.78, 5) is 22.8. The molecule has 1 atom stereocenters. The van der Waals surface area contributed by atoms with Crippen LogP contribution in [0, 0.1) is 0 Å². The zero-order chi connectivity index (χ0) is 26.0. The first-order valence-electron chi connectivity index (χ1n) is 12.0. The van der Waals surface area contributed by atoms with Crippen LogP contribution in [0.1, 0.15) is 6.42 Å². The molecule has 1 unspecified atom stereocenters. The minimum atomic E-state index is -0.309. The monoisotopic (exact) mass is 504 g/mol. The third kappa shape index (κ3) is 7.42. The van der Waals surface area contributed by atoms with Crippen LogP contribution in [0.5, 0.6) is 17.4 Å². The molecule has 1 amide bonds. The van der Waals surface area contributed by atoms with E-state index in [-0.39, 0.29) is 11.8 Å². The fraction of sp³-hybridized carbons (Fsp3) is 0.296. The van der Waals surface area contributed by atoms with Crippen LogP contribution in [0.3, 0.4) is 0 Å². The van der Waals surface area contributed by atoms with Gasteiger partial charge in [0.25, 0.3) is 5.88 Å². The molecule has 1 aliphatic rings. The van der Waals surface area contributed by atoms with Gasteiger partial charge in [-0.1, -0.05) is 12.6 Å². The lowest BCUT2D eigenvalue weighted by Gasteiger charge is -2.17. The van der Waals surface area contributed by atoms with Gasteiger partial charge in [-0.25, -0.2) is 4.98 Å². The lowest BCUT2D eigenvalue weighted by Crippen LogP contribution is -2.28. The molecule has 2 heterocycles. The number of likely N-dealkylation sites (tertiary alicyclic amines) is 1. The fourth-order valence-corrected chi connectivity index (χ4v) is 3.96. The van der Waals surface area contributed by atoms with E-state index in [1.807, 2.05) is 24.3 Å². The molecule has 10 nitrogen and oxygen atoms in total. The predicted octanol–water partition coefficient (Wildman–Crippen LogP) is 4.28. The number of methoxy groups -OCH3 is 2. The summed E-state index contributed by atoms with van der Waals surface area (Å²) in [5, 5.41) is 9.50. The summed E-state index contributed by atoms with van der Waals surface area (Å²) in [5.74, 6) is 1.15. The van der Waals surface area contributed by atoms with Crippen LogP contribution >= 0.6 is 0 Å². The second-order valence-electron chi connectivity index (χ2n) is 8.52. The number of carbonyl (C=O) groups excluding carboxylic acids is 1. The number of nitrogens with zero attached hydrogens (tertiary/aromatic N) is 3. The molecule has 0 aliphatic carbocycles. The predicted molar refractivity (Wildman–Crippen MR) is 144 cm³/mol. The Hall–Kier alpha value is -4.15. The average molecular weight is 505 g/mol. The van der Waals surface area contributed by atoms with E-state index in [0.717, 1.165) is 44.0 Å². The smallest absolute Gasteiger partial charge is 0.267 e. The molecule has 0 radical (unpaired) electrons. The lowest BCUT2D eigenvalue weighted by molar-refractivity contribution is -0.111. The van der Waals surface area contributed by atoms with Gasteiger partial charge in [0.05, 0.1) is 19.9 Å². The minimum Gasteiger partial charge on any atom is -0.490 e. The fourth-order valence-electron chi connectivity index (χ4n) is 3.96. The van der Waals surface area contributed by atoms with Crippen LogP contribution < -0.4 is 25.4 Å². The maximum atomic E-state index is 11.6. The zero-order valence-electron chi connectivity index (χ0n) is 21.1. The molecular weight excluding hydrogens is 472 g/mol. The highest BCUT2D eigenvalue weighted by molar-refractivity contribution is 5.98. The second kappa shape index (κ2) is 12.7. The number of rotatable bonds is 12. The Morgan fingerprint density at radius 1 is 1.16 bits per heavy atom. The number of hydrogen-bond acceptors (Lipinski definition) is 9. The SMILES string of the molecule is C=CC(=O)Nc1cccc(Oc2nc(Nc3ccc(NC4CCN(CCOC)C4)cc3)ncc2OC)c1. The van der Waals surface area contributed by atoms with Crippen LogP contribution in [-0.2, 0) is 9.53 Å². The molecule has 0 bridgehead atoms. The van der Waals surface area contributed by atoms with Crippen molar-refractivity contribution in [1.29, 1.82) is 0 Å². The van der Waals surface area contributed by atoms with Crippen LogP contribution in [0.2, 0.25) is 0 Å². The van der Waals surface area contributed by atoms with E-state index in [2.05, 4.69) is 37.4 Å². The molecular formula is C27H32N6O4. The summed E-state index contributed by atoms with van der Waals surface area (Å²) in [6.07, 6.45) is 3.85. The van der Waals surface area contributed by atoms with Crippen molar-refractivity contribution in [2.45, 2.75) is 12.5 Å². The van der Waals surface area contributed by atoms with Gasteiger partial charge in [-0.3, -0.25) is 9.69 Å². The molecule has 3 N–H and O–H groups in total. The third-order valence-corrected chi connectivity index (χ3v) is 5.84. The van der Waals surface area contributed by atoms with Gasteiger partial charge in [-0.05, 0) is 48.9 Å². The van der Waals surface area contributed by atoms with E-state index >= 15 is 0 Å². The highest BCUT2D eigenvalue weighted by Crippen LogP contribution is 2.31. The van der Waals surface area contributed by atoms with E-state index in [9.17, 15) is 4.79 Å². The maximum Gasteiger partial charge on any atom is 0.267 e. The number of aromatic nitrogens is 2. The van der Waals surface area contributed by atoms with Crippen molar-refractivity contribution in [3.63, 3.8) is 0 Å². The lowest BCUT2D eigenvalue weighted by atomic mass is 10.2. The third-order valence-electron chi connectivity index (χ3n) is 5.84. The van der Waals surface area contributed by atoms with Crippen molar-refractivity contribution in [2.75, 3.05) is 56.4 Å². The summed E-state index contributed by atoms with van der Waals surface area (Å²) in [7, 11) is 3.25. The highest BCUT2D eigenvalue weighted by atomic mass is 16.5. The molecule has 37 heavy (non-hydrogen) atoms. The summed E-state index contributed by atoms with van der Waals surface area (Å²) >= 11 is 0. The van der Waals surface area contributed by atoms with Gasteiger partial charge in [-0.2, -0.15) is 4.98 Å². The number of ether oxygens (including phenoxy) is 3. The standard InChI is InChI=1S/C27H32N6O4/c1-4-25(34)30-21-6-5-7-23(16-21)37-26-24(36-3)17-28-27(32-26)31-20-10-8-19(9-11-20)29-22-12-13-33(18-22)14-15-35-2/h4-11,16-17,22,29H,1,12-15,18H2,2-3H3,(H,30,34)(H,28,31,32). The van der Waals surface area contributed by atoms with Crippen LogP contribution in [0.15, 0.2) is 67.4 Å². The molecule has 1 saturated heterocycles. The largest absolute Gasteiger partial charge is 0.490 e. The van der Waals surface area contributed by atoms with E-state index in [1.165, 1.54) is 13.2 Å². The van der Waals surface area contributed by atoms with Crippen LogP contribution in [-0.4, -0.2) is 67.3 Å². The van der Waals surface area contributed by atoms with Gasteiger partial charge in [0.15, 0.2) is 5.75 Å². The van der Waals surface area contributed by atoms with E-state index < -0.39 is 0 Å². The normalized spacial score (nSPS) is 15.1. The summed E-state index contributed by atoms with van der Waals surface area (Å²) < 4.78 is 16.5. The van der Waals surface area contributed by atoms with Crippen LogP contribution in [0.4, 0.5) is 23.0 Å². The second-order valence-corrected chi connectivity index (χ2v) is 8.52. The van der Waals surface area contributed by atoms with Gasteiger partial charge < -0.3 is 30.2 Å². The van der Waals surface area contributed by atoms with E-state index in [4.69, 9.17) is 14.2 Å². The van der Waals surface area contributed by atoms with Gasteiger partial charge in [0.2, 0.25) is 11.9 Å². The Morgan fingerprint density at radius 3 is 2.73 bits per heavy atom. The topological polar surface area (TPSA) is 110 Å². The van der Waals surface area contributed by atoms with Gasteiger partial charge in [-0.15, -0.1) is 0 Å². The first-order chi connectivity index (χ1) is 18.1. The number of benzene rings is 2. The Bertz CT molecular complexity index is 1200. The number of anilines is 4.